The zero-order valence-corrected chi connectivity index (χ0v) is 10.6. The first-order valence-corrected chi connectivity index (χ1v) is 6.86. The molecule has 0 aliphatic carbocycles. The van der Waals surface area contributed by atoms with Crippen LogP contribution in [0.1, 0.15) is 26.7 Å². The van der Waals surface area contributed by atoms with E-state index in [1.54, 1.807) is 6.92 Å². The van der Waals surface area contributed by atoms with E-state index in [2.05, 4.69) is 4.74 Å². The van der Waals surface area contributed by atoms with Crippen molar-refractivity contribution in [2.45, 2.75) is 32.7 Å². The highest BCUT2D eigenvalue weighted by atomic mass is 32.2. The van der Waals surface area contributed by atoms with Crippen molar-refractivity contribution >= 4 is 22.0 Å². The summed E-state index contributed by atoms with van der Waals surface area (Å²) in [6, 6.07) is -1.30. The summed E-state index contributed by atoms with van der Waals surface area (Å²) in [4.78, 5) is 21.8. The Kier molecular flexibility index (Phi) is 6.74. The average molecular weight is 267 g/mol. The molecule has 7 nitrogen and oxygen atoms in total. The van der Waals surface area contributed by atoms with E-state index >= 15 is 0 Å². The number of carboxylic acids is 1. The largest absolute Gasteiger partial charge is 0.480 e. The molecule has 0 saturated heterocycles. The van der Waals surface area contributed by atoms with Crippen molar-refractivity contribution in [1.82, 2.24) is 4.72 Å². The molecule has 0 aliphatic heterocycles. The Morgan fingerprint density at radius 1 is 1.35 bits per heavy atom. The first kappa shape index (κ1) is 15.9. The fourth-order valence-corrected chi connectivity index (χ4v) is 1.85. The van der Waals surface area contributed by atoms with Crippen LogP contribution in [-0.4, -0.2) is 43.9 Å². The fraction of sp³-hybridized carbons (Fsp3) is 0.778. The van der Waals surface area contributed by atoms with Crippen molar-refractivity contribution < 1.29 is 27.9 Å². The van der Waals surface area contributed by atoms with Gasteiger partial charge in [-0.15, -0.1) is 0 Å². The maximum atomic E-state index is 11.2. The predicted octanol–water partition coefficient (Wildman–Crippen LogP) is -0.278. The van der Waals surface area contributed by atoms with Gasteiger partial charge in [-0.05, 0) is 20.3 Å². The molecule has 0 saturated carbocycles. The second-order valence-electron chi connectivity index (χ2n) is 3.26. The third-order valence-corrected chi connectivity index (χ3v) is 3.35. The first-order valence-electron chi connectivity index (χ1n) is 5.20. The van der Waals surface area contributed by atoms with Gasteiger partial charge >= 0.3 is 11.9 Å². The number of esters is 1. The summed E-state index contributed by atoms with van der Waals surface area (Å²) < 4.78 is 29.0. The number of sulfonamides is 1. The van der Waals surface area contributed by atoms with Gasteiger partial charge in [-0.2, -0.15) is 0 Å². The van der Waals surface area contributed by atoms with E-state index in [4.69, 9.17) is 5.11 Å². The summed E-state index contributed by atoms with van der Waals surface area (Å²) in [5, 5.41) is 8.80. The van der Waals surface area contributed by atoms with Crippen molar-refractivity contribution in [2.24, 2.45) is 0 Å². The molecule has 0 unspecified atom stereocenters. The molecule has 0 aromatic rings. The number of hydrogen-bond donors (Lipinski definition) is 2. The molecule has 1 atom stereocenters. The summed E-state index contributed by atoms with van der Waals surface area (Å²) in [5.74, 6) is -2.07. The highest BCUT2D eigenvalue weighted by Gasteiger charge is 2.23. The van der Waals surface area contributed by atoms with Crippen LogP contribution in [0, 0.1) is 0 Å². The number of carbonyl (C=O) groups excluding carboxylic acids is 1. The Bertz CT molecular complexity index is 364. The number of rotatable bonds is 8. The molecule has 17 heavy (non-hydrogen) atoms. The van der Waals surface area contributed by atoms with Crippen LogP contribution in [0.2, 0.25) is 0 Å². The van der Waals surface area contributed by atoms with Gasteiger partial charge in [-0.3, -0.25) is 9.59 Å². The van der Waals surface area contributed by atoms with E-state index in [1.807, 2.05) is 4.72 Å². The molecular formula is C9H17NO6S. The van der Waals surface area contributed by atoms with Gasteiger partial charge in [0.15, 0.2) is 0 Å². The van der Waals surface area contributed by atoms with Gasteiger partial charge in [0.05, 0.1) is 12.4 Å². The molecule has 0 spiro atoms. The Morgan fingerprint density at radius 2 is 1.94 bits per heavy atom. The molecule has 2 N–H and O–H groups in total. The van der Waals surface area contributed by atoms with Gasteiger partial charge in [-0.25, -0.2) is 13.1 Å². The number of carboxylic acid groups (broad SMARTS) is 1. The van der Waals surface area contributed by atoms with E-state index in [1.165, 1.54) is 6.92 Å². The predicted molar refractivity (Wildman–Crippen MR) is 59.9 cm³/mol. The smallest absolute Gasteiger partial charge is 0.321 e. The molecule has 0 heterocycles. The van der Waals surface area contributed by atoms with Crippen LogP contribution in [0.15, 0.2) is 0 Å². The second-order valence-corrected chi connectivity index (χ2v) is 5.30. The van der Waals surface area contributed by atoms with Crippen LogP contribution in [0.25, 0.3) is 0 Å². The minimum Gasteiger partial charge on any atom is -0.480 e. The zero-order valence-electron chi connectivity index (χ0n) is 9.80. The lowest BCUT2D eigenvalue weighted by Crippen LogP contribution is -2.41. The Labute approximate surface area is 100 Å². The molecule has 0 amide bonds. The molecule has 0 aromatic heterocycles. The summed E-state index contributed by atoms with van der Waals surface area (Å²) in [7, 11) is -3.61. The fourth-order valence-electron chi connectivity index (χ4n) is 1.03. The van der Waals surface area contributed by atoms with Gasteiger partial charge < -0.3 is 9.84 Å². The Balaban J connectivity index is 4.37. The summed E-state index contributed by atoms with van der Waals surface area (Å²) in [5.41, 5.74) is 0. The number of carbonyl (C=O) groups is 2. The Morgan fingerprint density at radius 3 is 2.35 bits per heavy atom. The van der Waals surface area contributed by atoms with Crippen LogP contribution >= 0.6 is 0 Å². The summed E-state index contributed by atoms with van der Waals surface area (Å²) in [6.07, 6.45) is -0.273. The minimum atomic E-state index is -3.61. The molecule has 0 radical (unpaired) electrons. The second kappa shape index (κ2) is 7.23. The topological polar surface area (TPSA) is 110 Å². The monoisotopic (exact) mass is 267 g/mol. The highest BCUT2D eigenvalue weighted by Crippen LogP contribution is 2.02. The van der Waals surface area contributed by atoms with Crippen molar-refractivity contribution in [3.05, 3.63) is 0 Å². The molecule has 0 fully saturated rings. The van der Waals surface area contributed by atoms with Gasteiger partial charge in [0, 0.05) is 6.42 Å². The third-order valence-electron chi connectivity index (χ3n) is 1.94. The molecular weight excluding hydrogens is 250 g/mol. The van der Waals surface area contributed by atoms with Crippen molar-refractivity contribution in [1.29, 1.82) is 0 Å². The normalized spacial score (nSPS) is 13.1. The molecule has 0 bridgehead atoms. The van der Waals surface area contributed by atoms with E-state index in [-0.39, 0.29) is 25.2 Å². The third kappa shape index (κ3) is 6.90. The van der Waals surface area contributed by atoms with E-state index in [0.29, 0.717) is 0 Å². The van der Waals surface area contributed by atoms with Crippen LogP contribution in [0.3, 0.4) is 0 Å². The number of hydrogen-bond acceptors (Lipinski definition) is 5. The van der Waals surface area contributed by atoms with E-state index < -0.39 is 28.0 Å². The van der Waals surface area contributed by atoms with Crippen molar-refractivity contribution in [3.8, 4) is 0 Å². The first-order chi connectivity index (χ1) is 7.82. The van der Waals surface area contributed by atoms with Crippen molar-refractivity contribution in [2.75, 3.05) is 12.4 Å². The van der Waals surface area contributed by atoms with Crippen LogP contribution < -0.4 is 4.72 Å². The standard InChI is InChI=1S/C9H17NO6S/c1-3-16-8(11)6-5-7(9(12)13)10-17(14,15)4-2/h7,10H,3-6H2,1-2H3,(H,12,13)/t7-/m0/s1. The molecule has 0 aliphatic rings. The van der Waals surface area contributed by atoms with E-state index in [9.17, 15) is 18.0 Å². The molecule has 0 aromatic carbocycles. The average Bonchev–Trinajstić information content (AvgIpc) is 2.24. The van der Waals surface area contributed by atoms with Gasteiger partial charge in [0.1, 0.15) is 6.04 Å². The molecule has 0 rings (SSSR count). The zero-order chi connectivity index (χ0) is 13.5. The van der Waals surface area contributed by atoms with E-state index in [0.717, 1.165) is 0 Å². The SMILES string of the molecule is CCOC(=O)CC[C@H](NS(=O)(=O)CC)C(=O)O. The lowest BCUT2D eigenvalue weighted by molar-refractivity contribution is -0.144. The minimum absolute atomic E-state index is 0.132. The summed E-state index contributed by atoms with van der Waals surface area (Å²) >= 11 is 0. The maximum Gasteiger partial charge on any atom is 0.321 e. The maximum absolute atomic E-state index is 11.2. The highest BCUT2D eigenvalue weighted by molar-refractivity contribution is 7.89. The molecule has 100 valence electrons. The quantitative estimate of drug-likeness (QED) is 0.585. The lowest BCUT2D eigenvalue weighted by atomic mass is 10.2. The number of nitrogens with one attached hydrogen (secondary N) is 1. The lowest BCUT2D eigenvalue weighted by Gasteiger charge is -2.13. The van der Waals surface area contributed by atoms with Crippen LogP contribution in [0.5, 0.6) is 0 Å². The number of aliphatic carboxylic acids is 1. The van der Waals surface area contributed by atoms with Crippen molar-refractivity contribution in [3.63, 3.8) is 0 Å². The van der Waals surface area contributed by atoms with Gasteiger partial charge in [0.2, 0.25) is 10.0 Å². The number of ether oxygens (including phenoxy) is 1. The van der Waals surface area contributed by atoms with Crippen LogP contribution in [0.4, 0.5) is 0 Å². The summed E-state index contributed by atoms with van der Waals surface area (Å²) in [6.45, 7) is 3.23. The van der Waals surface area contributed by atoms with Crippen LogP contribution in [-0.2, 0) is 24.3 Å². The van der Waals surface area contributed by atoms with Gasteiger partial charge in [-0.1, -0.05) is 0 Å². The molecule has 8 heteroatoms. The Hall–Kier alpha value is -1.15. The van der Waals surface area contributed by atoms with Gasteiger partial charge in [0.25, 0.3) is 0 Å².